The second-order valence-electron chi connectivity index (χ2n) is 5.16. The Balaban J connectivity index is 1.80. The summed E-state index contributed by atoms with van der Waals surface area (Å²) in [5.74, 6) is -0.568. The second kappa shape index (κ2) is 7.07. The van der Waals surface area contributed by atoms with Crippen LogP contribution in [-0.2, 0) is 16.1 Å². The predicted molar refractivity (Wildman–Crippen MR) is 75.0 cm³/mol. The SMILES string of the molecule is CC(NC(=O)Nc1cnn(CC(=O)O)c1)C1CCOCC1. The van der Waals surface area contributed by atoms with Crippen LogP contribution in [0.15, 0.2) is 12.4 Å². The standard InChI is InChI=1S/C13H20N4O4/c1-9(10-2-4-21-5-3-10)15-13(20)16-11-6-14-17(7-11)8-12(18)19/h6-7,9-10H,2-5,8H2,1H3,(H,18,19)(H2,15,16,20). The number of amides is 2. The van der Waals surface area contributed by atoms with Crippen LogP contribution in [0.2, 0.25) is 0 Å². The number of hydrogen-bond acceptors (Lipinski definition) is 4. The molecule has 0 aliphatic carbocycles. The van der Waals surface area contributed by atoms with Crippen molar-refractivity contribution in [2.24, 2.45) is 5.92 Å². The van der Waals surface area contributed by atoms with Crippen LogP contribution < -0.4 is 10.6 Å². The van der Waals surface area contributed by atoms with E-state index in [-0.39, 0.29) is 18.6 Å². The Morgan fingerprint density at radius 1 is 1.52 bits per heavy atom. The third kappa shape index (κ3) is 4.75. The zero-order chi connectivity index (χ0) is 15.2. The normalized spacial score (nSPS) is 17.2. The van der Waals surface area contributed by atoms with Gasteiger partial charge in [0.25, 0.3) is 0 Å². The van der Waals surface area contributed by atoms with E-state index in [2.05, 4.69) is 15.7 Å². The van der Waals surface area contributed by atoms with Crippen LogP contribution in [0.1, 0.15) is 19.8 Å². The summed E-state index contributed by atoms with van der Waals surface area (Å²) in [7, 11) is 0. The van der Waals surface area contributed by atoms with Crippen LogP contribution >= 0.6 is 0 Å². The number of aromatic nitrogens is 2. The van der Waals surface area contributed by atoms with Crippen molar-refractivity contribution in [1.82, 2.24) is 15.1 Å². The number of ether oxygens (including phenoxy) is 1. The molecule has 8 heteroatoms. The second-order valence-corrected chi connectivity index (χ2v) is 5.16. The predicted octanol–water partition coefficient (Wildman–Crippen LogP) is 0.904. The third-order valence-electron chi connectivity index (χ3n) is 3.52. The smallest absolute Gasteiger partial charge is 0.325 e. The molecule has 3 N–H and O–H groups in total. The maximum absolute atomic E-state index is 11.9. The molecule has 1 aliphatic rings. The van der Waals surface area contributed by atoms with Gasteiger partial charge in [-0.15, -0.1) is 0 Å². The molecule has 116 valence electrons. The van der Waals surface area contributed by atoms with Crippen LogP contribution in [-0.4, -0.2) is 46.1 Å². The van der Waals surface area contributed by atoms with Crippen LogP contribution in [0.25, 0.3) is 0 Å². The summed E-state index contributed by atoms with van der Waals surface area (Å²) in [6.07, 6.45) is 4.78. The molecule has 1 fully saturated rings. The van der Waals surface area contributed by atoms with E-state index in [4.69, 9.17) is 9.84 Å². The van der Waals surface area contributed by atoms with Gasteiger partial charge in [-0.1, -0.05) is 0 Å². The van der Waals surface area contributed by atoms with Crippen LogP contribution in [0.3, 0.4) is 0 Å². The van der Waals surface area contributed by atoms with E-state index in [1.807, 2.05) is 6.92 Å². The summed E-state index contributed by atoms with van der Waals surface area (Å²) in [4.78, 5) is 22.4. The molecule has 21 heavy (non-hydrogen) atoms. The zero-order valence-corrected chi connectivity index (χ0v) is 11.9. The van der Waals surface area contributed by atoms with E-state index < -0.39 is 5.97 Å². The summed E-state index contributed by atoms with van der Waals surface area (Å²) in [6, 6.07) is -0.258. The Bertz CT molecular complexity index is 496. The Kier molecular flexibility index (Phi) is 5.15. The molecule has 1 aromatic heterocycles. The fourth-order valence-electron chi connectivity index (χ4n) is 2.36. The average molecular weight is 296 g/mol. The topological polar surface area (TPSA) is 105 Å². The number of urea groups is 1. The van der Waals surface area contributed by atoms with Gasteiger partial charge in [0.1, 0.15) is 6.54 Å². The molecule has 1 saturated heterocycles. The van der Waals surface area contributed by atoms with Gasteiger partial charge in [-0.3, -0.25) is 9.48 Å². The highest BCUT2D eigenvalue weighted by atomic mass is 16.5. The quantitative estimate of drug-likeness (QED) is 0.748. The fraction of sp³-hybridized carbons (Fsp3) is 0.615. The van der Waals surface area contributed by atoms with Crippen molar-refractivity contribution in [2.75, 3.05) is 18.5 Å². The van der Waals surface area contributed by atoms with Crippen molar-refractivity contribution in [2.45, 2.75) is 32.4 Å². The van der Waals surface area contributed by atoms with E-state index in [9.17, 15) is 9.59 Å². The van der Waals surface area contributed by atoms with E-state index in [0.29, 0.717) is 11.6 Å². The van der Waals surface area contributed by atoms with Gasteiger partial charge < -0.3 is 20.5 Å². The van der Waals surface area contributed by atoms with E-state index in [1.54, 1.807) is 0 Å². The molecule has 2 rings (SSSR count). The van der Waals surface area contributed by atoms with Crippen LogP contribution in [0.4, 0.5) is 10.5 Å². The third-order valence-corrected chi connectivity index (χ3v) is 3.52. The van der Waals surface area contributed by atoms with Gasteiger partial charge in [0.15, 0.2) is 0 Å². The first-order chi connectivity index (χ1) is 10.0. The molecule has 1 aliphatic heterocycles. The maximum atomic E-state index is 11.9. The minimum Gasteiger partial charge on any atom is -0.480 e. The lowest BCUT2D eigenvalue weighted by atomic mass is 9.93. The highest BCUT2D eigenvalue weighted by Crippen LogP contribution is 2.18. The molecule has 2 heterocycles. The minimum absolute atomic E-state index is 0.0583. The van der Waals surface area contributed by atoms with E-state index in [0.717, 1.165) is 26.1 Å². The molecule has 1 atom stereocenters. The summed E-state index contributed by atoms with van der Waals surface area (Å²) < 4.78 is 6.55. The number of anilines is 1. The molecule has 1 unspecified atom stereocenters. The molecule has 0 radical (unpaired) electrons. The highest BCUT2D eigenvalue weighted by Gasteiger charge is 2.21. The summed E-state index contributed by atoms with van der Waals surface area (Å²) in [5.41, 5.74) is 0.466. The largest absolute Gasteiger partial charge is 0.480 e. The van der Waals surface area contributed by atoms with Gasteiger partial charge >= 0.3 is 12.0 Å². The Morgan fingerprint density at radius 2 is 2.24 bits per heavy atom. The lowest BCUT2D eigenvalue weighted by Gasteiger charge is -2.28. The minimum atomic E-state index is -0.984. The van der Waals surface area contributed by atoms with Gasteiger partial charge in [-0.25, -0.2) is 4.79 Å². The molecule has 8 nitrogen and oxygen atoms in total. The number of hydrogen-bond donors (Lipinski definition) is 3. The van der Waals surface area contributed by atoms with Gasteiger partial charge in [0, 0.05) is 25.5 Å². The van der Waals surface area contributed by atoms with Gasteiger partial charge in [0.2, 0.25) is 0 Å². The summed E-state index contributed by atoms with van der Waals surface area (Å²) in [5, 5.41) is 18.0. The number of aliphatic carboxylic acids is 1. The molecule has 0 bridgehead atoms. The first-order valence-electron chi connectivity index (χ1n) is 6.94. The lowest BCUT2D eigenvalue weighted by Crippen LogP contribution is -2.42. The van der Waals surface area contributed by atoms with Crippen molar-refractivity contribution in [3.63, 3.8) is 0 Å². The maximum Gasteiger partial charge on any atom is 0.325 e. The lowest BCUT2D eigenvalue weighted by molar-refractivity contribution is -0.137. The van der Waals surface area contributed by atoms with Crippen LogP contribution in [0, 0.1) is 5.92 Å². The molecular weight excluding hydrogens is 276 g/mol. The number of carboxylic acid groups (broad SMARTS) is 1. The zero-order valence-electron chi connectivity index (χ0n) is 11.9. The van der Waals surface area contributed by atoms with Gasteiger partial charge in [0.05, 0.1) is 11.9 Å². The number of carbonyl (C=O) groups excluding carboxylic acids is 1. The Hall–Kier alpha value is -2.09. The number of rotatable bonds is 5. The number of carboxylic acids is 1. The van der Waals surface area contributed by atoms with Crippen molar-refractivity contribution < 1.29 is 19.4 Å². The van der Waals surface area contributed by atoms with Crippen molar-refractivity contribution in [3.8, 4) is 0 Å². The summed E-state index contributed by atoms with van der Waals surface area (Å²) in [6.45, 7) is 3.21. The van der Waals surface area contributed by atoms with Gasteiger partial charge in [-0.2, -0.15) is 5.10 Å². The van der Waals surface area contributed by atoms with E-state index >= 15 is 0 Å². The van der Waals surface area contributed by atoms with Crippen molar-refractivity contribution in [3.05, 3.63) is 12.4 Å². The molecule has 0 aromatic carbocycles. The highest BCUT2D eigenvalue weighted by molar-refractivity contribution is 5.89. The Morgan fingerprint density at radius 3 is 2.90 bits per heavy atom. The van der Waals surface area contributed by atoms with Crippen LogP contribution in [0.5, 0.6) is 0 Å². The monoisotopic (exact) mass is 296 g/mol. The number of nitrogens with zero attached hydrogens (tertiary/aromatic N) is 2. The first kappa shape index (κ1) is 15.3. The number of nitrogens with one attached hydrogen (secondary N) is 2. The molecule has 1 aromatic rings. The summed E-state index contributed by atoms with van der Waals surface area (Å²) >= 11 is 0. The van der Waals surface area contributed by atoms with Crippen molar-refractivity contribution in [1.29, 1.82) is 0 Å². The molecule has 0 saturated carbocycles. The average Bonchev–Trinajstić information content (AvgIpc) is 2.85. The fourth-order valence-corrected chi connectivity index (χ4v) is 2.36. The number of carbonyl (C=O) groups is 2. The Labute approximate surface area is 122 Å². The van der Waals surface area contributed by atoms with E-state index in [1.165, 1.54) is 17.1 Å². The van der Waals surface area contributed by atoms with Gasteiger partial charge in [-0.05, 0) is 25.7 Å². The molecule has 2 amide bonds. The first-order valence-corrected chi connectivity index (χ1v) is 6.94. The molecular formula is C13H20N4O4. The van der Waals surface area contributed by atoms with Crippen molar-refractivity contribution >= 4 is 17.7 Å². The molecule has 0 spiro atoms.